The molecule has 1 heterocycles. The lowest BCUT2D eigenvalue weighted by Crippen LogP contribution is -2.35. The van der Waals surface area contributed by atoms with Gasteiger partial charge in [0, 0.05) is 24.0 Å². The van der Waals surface area contributed by atoms with Crippen LogP contribution in [-0.4, -0.2) is 16.5 Å². The number of carbonyl (C=O) groups is 1. The van der Waals surface area contributed by atoms with E-state index in [1.165, 1.54) is 0 Å². The van der Waals surface area contributed by atoms with Gasteiger partial charge in [-0.3, -0.25) is 9.59 Å². The number of aromatic nitrogens is 1. The summed E-state index contributed by atoms with van der Waals surface area (Å²) in [5.74, 6) is -0.341. The SMILES string of the molecule is CCC(C)NC(=O)c1cn(C(C)CC)c2cccc(N)c2c1=O. The van der Waals surface area contributed by atoms with Gasteiger partial charge in [-0.25, -0.2) is 0 Å². The first-order valence-corrected chi connectivity index (χ1v) is 8.14. The minimum absolute atomic E-state index is 0.0164. The standard InChI is InChI=1S/C18H25N3O2/c1-5-11(3)20-18(23)13-10-21(12(4)6-2)15-9-7-8-14(19)16(15)17(13)22/h7-12H,5-6,19H2,1-4H3,(H,20,23). The molecule has 0 fully saturated rings. The van der Waals surface area contributed by atoms with Gasteiger partial charge in [0.05, 0.1) is 10.9 Å². The fraction of sp³-hybridized carbons (Fsp3) is 0.444. The van der Waals surface area contributed by atoms with Crippen molar-refractivity contribution in [3.8, 4) is 0 Å². The Morgan fingerprint density at radius 1 is 1.26 bits per heavy atom. The zero-order valence-corrected chi connectivity index (χ0v) is 14.2. The normalized spacial score (nSPS) is 13.7. The number of rotatable bonds is 5. The number of hydrogen-bond acceptors (Lipinski definition) is 3. The number of nitrogens with zero attached hydrogens (tertiary/aromatic N) is 1. The van der Waals surface area contributed by atoms with Crippen molar-refractivity contribution in [3.05, 3.63) is 40.2 Å². The van der Waals surface area contributed by atoms with Gasteiger partial charge in [-0.1, -0.05) is 19.9 Å². The number of carbonyl (C=O) groups excluding carboxylic acids is 1. The zero-order chi connectivity index (χ0) is 17.1. The van der Waals surface area contributed by atoms with Crippen molar-refractivity contribution in [3.63, 3.8) is 0 Å². The van der Waals surface area contributed by atoms with Crippen LogP contribution in [0.15, 0.2) is 29.2 Å². The molecule has 1 aromatic carbocycles. The number of fused-ring (bicyclic) bond motifs is 1. The van der Waals surface area contributed by atoms with Gasteiger partial charge in [-0.05, 0) is 38.8 Å². The average molecular weight is 315 g/mol. The van der Waals surface area contributed by atoms with Gasteiger partial charge in [0.1, 0.15) is 5.56 Å². The first-order valence-electron chi connectivity index (χ1n) is 8.14. The Labute approximate surface area is 136 Å². The number of anilines is 1. The number of pyridine rings is 1. The molecule has 1 amide bonds. The largest absolute Gasteiger partial charge is 0.398 e. The smallest absolute Gasteiger partial charge is 0.256 e. The van der Waals surface area contributed by atoms with E-state index in [2.05, 4.69) is 19.2 Å². The highest BCUT2D eigenvalue weighted by atomic mass is 16.2. The number of hydrogen-bond donors (Lipinski definition) is 2. The summed E-state index contributed by atoms with van der Waals surface area (Å²) in [4.78, 5) is 25.3. The molecule has 0 spiro atoms. The van der Waals surface area contributed by atoms with Gasteiger partial charge >= 0.3 is 0 Å². The Bertz CT molecular complexity index is 780. The van der Waals surface area contributed by atoms with Crippen molar-refractivity contribution >= 4 is 22.5 Å². The van der Waals surface area contributed by atoms with Crippen LogP contribution in [0, 0.1) is 0 Å². The summed E-state index contributed by atoms with van der Waals surface area (Å²) >= 11 is 0. The van der Waals surface area contributed by atoms with Crippen LogP contribution in [0.25, 0.3) is 10.9 Å². The molecule has 5 nitrogen and oxygen atoms in total. The van der Waals surface area contributed by atoms with E-state index in [9.17, 15) is 9.59 Å². The molecule has 0 aliphatic heterocycles. The second-order valence-electron chi connectivity index (χ2n) is 6.06. The molecular weight excluding hydrogens is 290 g/mol. The molecule has 0 aliphatic rings. The van der Waals surface area contributed by atoms with Crippen LogP contribution in [0.4, 0.5) is 5.69 Å². The molecule has 3 N–H and O–H groups in total. The van der Waals surface area contributed by atoms with E-state index in [0.29, 0.717) is 11.1 Å². The Morgan fingerprint density at radius 3 is 2.57 bits per heavy atom. The van der Waals surface area contributed by atoms with Crippen LogP contribution >= 0.6 is 0 Å². The van der Waals surface area contributed by atoms with Crippen LogP contribution in [0.5, 0.6) is 0 Å². The summed E-state index contributed by atoms with van der Waals surface area (Å²) in [6.45, 7) is 8.03. The van der Waals surface area contributed by atoms with E-state index in [0.717, 1.165) is 18.4 Å². The summed E-state index contributed by atoms with van der Waals surface area (Å²) in [6, 6.07) is 5.57. The van der Waals surface area contributed by atoms with E-state index >= 15 is 0 Å². The fourth-order valence-electron chi connectivity index (χ4n) is 2.55. The van der Waals surface area contributed by atoms with Crippen LogP contribution in [0.2, 0.25) is 0 Å². The van der Waals surface area contributed by atoms with E-state index < -0.39 is 0 Å². The van der Waals surface area contributed by atoms with Crippen LogP contribution in [0.1, 0.15) is 56.9 Å². The monoisotopic (exact) mass is 315 g/mol. The molecule has 1 aromatic heterocycles. The lowest BCUT2D eigenvalue weighted by atomic mass is 10.1. The van der Waals surface area contributed by atoms with Gasteiger partial charge in [-0.15, -0.1) is 0 Å². The van der Waals surface area contributed by atoms with Gasteiger partial charge < -0.3 is 15.6 Å². The molecule has 2 unspecified atom stereocenters. The predicted molar refractivity (Wildman–Crippen MR) is 94.8 cm³/mol. The highest BCUT2D eigenvalue weighted by Gasteiger charge is 2.19. The highest BCUT2D eigenvalue weighted by Crippen LogP contribution is 2.23. The molecule has 2 atom stereocenters. The summed E-state index contributed by atoms with van der Waals surface area (Å²) in [5.41, 5.74) is 7.03. The van der Waals surface area contributed by atoms with Crippen LogP contribution in [-0.2, 0) is 0 Å². The predicted octanol–water partition coefficient (Wildman–Crippen LogP) is 3.08. The molecule has 5 heteroatoms. The first-order chi connectivity index (χ1) is 10.9. The second kappa shape index (κ2) is 6.86. The number of benzene rings is 1. The second-order valence-corrected chi connectivity index (χ2v) is 6.06. The molecule has 0 saturated carbocycles. The van der Waals surface area contributed by atoms with E-state index in [4.69, 9.17) is 5.73 Å². The van der Waals surface area contributed by atoms with Crippen molar-refractivity contribution in [2.75, 3.05) is 5.73 Å². The Morgan fingerprint density at radius 2 is 1.96 bits per heavy atom. The molecule has 0 aliphatic carbocycles. The average Bonchev–Trinajstić information content (AvgIpc) is 2.54. The van der Waals surface area contributed by atoms with Gasteiger partial charge in [-0.2, -0.15) is 0 Å². The molecule has 0 bridgehead atoms. The zero-order valence-electron chi connectivity index (χ0n) is 14.2. The third kappa shape index (κ3) is 3.23. The fourth-order valence-corrected chi connectivity index (χ4v) is 2.55. The van der Waals surface area contributed by atoms with Crippen molar-refractivity contribution < 1.29 is 4.79 Å². The minimum Gasteiger partial charge on any atom is -0.398 e. The van der Waals surface area contributed by atoms with E-state index in [1.807, 2.05) is 30.5 Å². The van der Waals surface area contributed by atoms with Crippen molar-refractivity contribution in [2.24, 2.45) is 0 Å². The van der Waals surface area contributed by atoms with Crippen molar-refractivity contribution in [1.82, 2.24) is 9.88 Å². The summed E-state index contributed by atoms with van der Waals surface area (Å²) in [5, 5.41) is 3.28. The van der Waals surface area contributed by atoms with Crippen LogP contribution in [0.3, 0.4) is 0 Å². The van der Waals surface area contributed by atoms with Gasteiger partial charge in [0.2, 0.25) is 5.43 Å². The number of nitrogens with two attached hydrogens (primary N) is 1. The minimum atomic E-state index is -0.341. The third-order valence-corrected chi connectivity index (χ3v) is 4.39. The van der Waals surface area contributed by atoms with Crippen LogP contribution < -0.4 is 16.5 Å². The molecule has 0 saturated heterocycles. The summed E-state index contributed by atoms with van der Waals surface area (Å²) < 4.78 is 1.97. The van der Waals surface area contributed by atoms with Gasteiger partial charge in [0.25, 0.3) is 5.91 Å². The Hall–Kier alpha value is -2.30. The molecular formula is C18H25N3O2. The maximum absolute atomic E-state index is 12.8. The third-order valence-electron chi connectivity index (χ3n) is 4.39. The Kier molecular flexibility index (Phi) is 5.08. The molecule has 124 valence electrons. The van der Waals surface area contributed by atoms with E-state index in [1.54, 1.807) is 12.3 Å². The lowest BCUT2D eigenvalue weighted by molar-refractivity contribution is 0.0937. The summed E-state index contributed by atoms with van der Waals surface area (Å²) in [7, 11) is 0. The van der Waals surface area contributed by atoms with Gasteiger partial charge in [0.15, 0.2) is 0 Å². The topological polar surface area (TPSA) is 77.1 Å². The quantitative estimate of drug-likeness (QED) is 0.832. The maximum Gasteiger partial charge on any atom is 0.256 e. The molecule has 0 radical (unpaired) electrons. The van der Waals surface area contributed by atoms with E-state index in [-0.39, 0.29) is 29.0 Å². The number of amides is 1. The Balaban J connectivity index is 2.71. The highest BCUT2D eigenvalue weighted by molar-refractivity contribution is 6.00. The molecule has 2 aromatic rings. The number of nitrogen functional groups attached to an aromatic ring is 1. The first kappa shape index (κ1) is 17.1. The molecule has 23 heavy (non-hydrogen) atoms. The summed E-state index contributed by atoms with van der Waals surface area (Å²) in [6.07, 6.45) is 3.36. The van der Waals surface area contributed by atoms with Crippen molar-refractivity contribution in [1.29, 1.82) is 0 Å². The van der Waals surface area contributed by atoms with Crippen molar-refractivity contribution in [2.45, 2.75) is 52.6 Å². The maximum atomic E-state index is 12.8. The molecule has 2 rings (SSSR count). The number of nitrogens with one attached hydrogen (secondary N) is 1. The lowest BCUT2D eigenvalue weighted by Gasteiger charge is -2.20.